The third-order valence-corrected chi connectivity index (χ3v) is 4.10. The summed E-state index contributed by atoms with van der Waals surface area (Å²) in [5.74, 6) is 0. The molecule has 0 unspecified atom stereocenters. The third-order valence-electron chi connectivity index (χ3n) is 2.48. The molecule has 0 radical (unpaired) electrons. The standard InChI is InChI=1S/C11H18N4O3S/c1-8-6-9(7-12)2-3-10(8)19(17,18)15-5-4-14-11(13)16/h2-3,6,15H,4-5,7,12H2,1H3,(H3,13,14,16). The maximum atomic E-state index is 12.0. The quantitative estimate of drug-likeness (QED) is 0.521. The highest BCUT2D eigenvalue weighted by Gasteiger charge is 2.16. The highest BCUT2D eigenvalue weighted by molar-refractivity contribution is 7.89. The number of nitrogens with one attached hydrogen (secondary N) is 2. The van der Waals surface area contributed by atoms with E-state index in [0.29, 0.717) is 12.1 Å². The summed E-state index contributed by atoms with van der Waals surface area (Å²) in [6.45, 7) is 2.27. The van der Waals surface area contributed by atoms with Gasteiger partial charge < -0.3 is 16.8 Å². The van der Waals surface area contributed by atoms with Crippen LogP contribution >= 0.6 is 0 Å². The van der Waals surface area contributed by atoms with Crippen LogP contribution in [0.2, 0.25) is 0 Å². The molecular formula is C11H18N4O3S. The molecular weight excluding hydrogens is 268 g/mol. The third kappa shape index (κ3) is 4.51. The van der Waals surface area contributed by atoms with Gasteiger partial charge in [0.1, 0.15) is 0 Å². The second-order valence-corrected chi connectivity index (χ2v) is 5.73. The molecule has 6 N–H and O–H groups in total. The fraction of sp³-hybridized carbons (Fsp3) is 0.364. The number of hydrogen-bond donors (Lipinski definition) is 4. The van der Waals surface area contributed by atoms with Crippen molar-refractivity contribution >= 4 is 16.1 Å². The monoisotopic (exact) mass is 286 g/mol. The van der Waals surface area contributed by atoms with Gasteiger partial charge in [0.2, 0.25) is 10.0 Å². The molecule has 0 aliphatic heterocycles. The number of rotatable bonds is 6. The first-order valence-electron chi connectivity index (χ1n) is 5.69. The van der Waals surface area contributed by atoms with Gasteiger partial charge >= 0.3 is 6.03 Å². The average molecular weight is 286 g/mol. The fourth-order valence-electron chi connectivity index (χ4n) is 1.59. The number of amides is 2. The van der Waals surface area contributed by atoms with Gasteiger partial charge in [-0.2, -0.15) is 0 Å². The normalized spacial score (nSPS) is 11.3. The zero-order chi connectivity index (χ0) is 14.5. The van der Waals surface area contributed by atoms with Crippen molar-refractivity contribution in [3.8, 4) is 0 Å². The summed E-state index contributed by atoms with van der Waals surface area (Å²) in [5, 5.41) is 2.30. The van der Waals surface area contributed by atoms with Crippen molar-refractivity contribution in [3.05, 3.63) is 29.3 Å². The molecule has 0 heterocycles. The van der Waals surface area contributed by atoms with E-state index in [4.69, 9.17) is 11.5 Å². The Morgan fingerprint density at radius 2 is 2.00 bits per heavy atom. The molecule has 0 atom stereocenters. The minimum atomic E-state index is -3.60. The van der Waals surface area contributed by atoms with Gasteiger partial charge in [0, 0.05) is 19.6 Å². The molecule has 0 aromatic heterocycles. The number of sulfonamides is 1. The SMILES string of the molecule is Cc1cc(CN)ccc1S(=O)(=O)NCCNC(N)=O. The van der Waals surface area contributed by atoms with Crippen LogP contribution in [0.15, 0.2) is 23.1 Å². The van der Waals surface area contributed by atoms with Gasteiger partial charge in [-0.1, -0.05) is 12.1 Å². The van der Waals surface area contributed by atoms with Gasteiger partial charge in [-0.15, -0.1) is 0 Å². The van der Waals surface area contributed by atoms with E-state index in [0.717, 1.165) is 5.56 Å². The summed E-state index contributed by atoms with van der Waals surface area (Å²) in [6, 6.07) is 4.23. The average Bonchev–Trinajstić information content (AvgIpc) is 2.34. The van der Waals surface area contributed by atoms with Crippen molar-refractivity contribution < 1.29 is 13.2 Å². The molecule has 1 aromatic carbocycles. The topological polar surface area (TPSA) is 127 Å². The van der Waals surface area contributed by atoms with Crippen molar-refractivity contribution in [2.45, 2.75) is 18.4 Å². The van der Waals surface area contributed by atoms with Crippen LogP contribution < -0.4 is 21.5 Å². The van der Waals surface area contributed by atoms with E-state index in [2.05, 4.69) is 10.0 Å². The van der Waals surface area contributed by atoms with E-state index >= 15 is 0 Å². The van der Waals surface area contributed by atoms with Crippen molar-refractivity contribution in [2.24, 2.45) is 11.5 Å². The molecule has 1 rings (SSSR count). The summed E-state index contributed by atoms with van der Waals surface area (Å²) in [4.78, 5) is 10.6. The largest absolute Gasteiger partial charge is 0.352 e. The van der Waals surface area contributed by atoms with Crippen LogP contribution in [0, 0.1) is 6.92 Å². The summed E-state index contributed by atoms with van der Waals surface area (Å²) in [7, 11) is -3.60. The Kier molecular flexibility index (Phi) is 5.28. The number of nitrogens with two attached hydrogens (primary N) is 2. The zero-order valence-corrected chi connectivity index (χ0v) is 11.5. The molecule has 1 aromatic rings. The Hall–Kier alpha value is -1.64. The van der Waals surface area contributed by atoms with E-state index in [9.17, 15) is 13.2 Å². The lowest BCUT2D eigenvalue weighted by molar-refractivity contribution is 0.249. The Labute approximate surface area is 112 Å². The van der Waals surface area contributed by atoms with Gasteiger partial charge in [0.15, 0.2) is 0 Å². The number of primary amides is 1. The van der Waals surface area contributed by atoms with Crippen LogP contribution in [-0.2, 0) is 16.6 Å². The molecule has 0 bridgehead atoms. The molecule has 106 valence electrons. The van der Waals surface area contributed by atoms with Crippen LogP contribution in [0.25, 0.3) is 0 Å². The zero-order valence-electron chi connectivity index (χ0n) is 10.6. The molecule has 0 saturated heterocycles. The highest BCUT2D eigenvalue weighted by atomic mass is 32.2. The highest BCUT2D eigenvalue weighted by Crippen LogP contribution is 2.16. The first-order valence-corrected chi connectivity index (χ1v) is 7.17. The lowest BCUT2D eigenvalue weighted by Crippen LogP contribution is -2.37. The Balaban J connectivity index is 2.74. The van der Waals surface area contributed by atoms with Gasteiger partial charge in [0.05, 0.1) is 4.90 Å². The summed E-state index contributed by atoms with van der Waals surface area (Å²) in [5.41, 5.74) is 11.8. The van der Waals surface area contributed by atoms with E-state index in [1.54, 1.807) is 19.1 Å². The Morgan fingerprint density at radius 3 is 2.53 bits per heavy atom. The molecule has 0 fully saturated rings. The summed E-state index contributed by atoms with van der Waals surface area (Å²) in [6.07, 6.45) is 0. The Morgan fingerprint density at radius 1 is 1.32 bits per heavy atom. The molecule has 2 amide bonds. The lowest BCUT2D eigenvalue weighted by atomic mass is 10.1. The predicted molar refractivity (Wildman–Crippen MR) is 71.8 cm³/mol. The van der Waals surface area contributed by atoms with Crippen LogP contribution in [0.1, 0.15) is 11.1 Å². The molecule has 0 spiro atoms. The van der Waals surface area contributed by atoms with Gasteiger partial charge in [-0.05, 0) is 24.1 Å². The predicted octanol–water partition coefficient (Wildman–Crippen LogP) is -0.600. The Bertz CT molecular complexity index is 557. The molecule has 0 saturated carbocycles. The molecule has 7 nitrogen and oxygen atoms in total. The number of urea groups is 1. The maximum absolute atomic E-state index is 12.0. The van der Waals surface area contributed by atoms with Crippen molar-refractivity contribution in [3.63, 3.8) is 0 Å². The van der Waals surface area contributed by atoms with E-state index < -0.39 is 16.1 Å². The smallest absolute Gasteiger partial charge is 0.312 e. The molecule has 8 heteroatoms. The second-order valence-electron chi connectivity index (χ2n) is 3.99. The van der Waals surface area contributed by atoms with Crippen LogP contribution in [0.5, 0.6) is 0 Å². The first kappa shape index (κ1) is 15.4. The van der Waals surface area contributed by atoms with Crippen molar-refractivity contribution in [1.29, 1.82) is 0 Å². The summed E-state index contributed by atoms with van der Waals surface area (Å²) >= 11 is 0. The minimum Gasteiger partial charge on any atom is -0.352 e. The van der Waals surface area contributed by atoms with Gasteiger partial charge in [-0.25, -0.2) is 17.9 Å². The van der Waals surface area contributed by atoms with Crippen LogP contribution in [0.3, 0.4) is 0 Å². The number of hydrogen-bond acceptors (Lipinski definition) is 4. The number of benzene rings is 1. The maximum Gasteiger partial charge on any atom is 0.312 e. The molecule has 0 aliphatic carbocycles. The first-order chi connectivity index (χ1) is 8.86. The van der Waals surface area contributed by atoms with E-state index in [1.165, 1.54) is 6.07 Å². The van der Waals surface area contributed by atoms with Crippen molar-refractivity contribution in [1.82, 2.24) is 10.0 Å². The molecule has 0 aliphatic rings. The number of aryl methyl sites for hydroxylation is 1. The number of carbonyl (C=O) groups is 1. The number of carbonyl (C=O) groups excluding carboxylic acids is 1. The van der Waals surface area contributed by atoms with E-state index in [-0.39, 0.29) is 18.0 Å². The van der Waals surface area contributed by atoms with E-state index in [1.807, 2.05) is 0 Å². The lowest BCUT2D eigenvalue weighted by Gasteiger charge is -2.10. The second kappa shape index (κ2) is 6.50. The van der Waals surface area contributed by atoms with Gasteiger partial charge in [0.25, 0.3) is 0 Å². The van der Waals surface area contributed by atoms with Crippen molar-refractivity contribution in [2.75, 3.05) is 13.1 Å². The van der Waals surface area contributed by atoms with Crippen LogP contribution in [0.4, 0.5) is 4.79 Å². The summed E-state index contributed by atoms with van der Waals surface area (Å²) < 4.78 is 26.4. The fourth-order valence-corrected chi connectivity index (χ4v) is 2.85. The van der Waals surface area contributed by atoms with Gasteiger partial charge in [-0.3, -0.25) is 0 Å². The minimum absolute atomic E-state index is 0.0728. The molecule has 19 heavy (non-hydrogen) atoms. The van der Waals surface area contributed by atoms with Crippen LogP contribution in [-0.4, -0.2) is 27.5 Å².